The summed E-state index contributed by atoms with van der Waals surface area (Å²) >= 11 is 0. The average Bonchev–Trinajstić information content (AvgIpc) is 3.08. The molecule has 3 rings (SSSR count). The van der Waals surface area contributed by atoms with Crippen molar-refractivity contribution in [2.45, 2.75) is 30.9 Å². The summed E-state index contributed by atoms with van der Waals surface area (Å²) in [7, 11) is 0. The van der Waals surface area contributed by atoms with Gasteiger partial charge in [0.1, 0.15) is 5.82 Å². The zero-order chi connectivity index (χ0) is 17.1. The second-order valence-electron chi connectivity index (χ2n) is 6.09. The highest BCUT2D eigenvalue weighted by Crippen LogP contribution is 2.35. The Morgan fingerprint density at radius 1 is 1.12 bits per heavy atom. The highest BCUT2D eigenvalue weighted by atomic mass is 19.1. The summed E-state index contributed by atoms with van der Waals surface area (Å²) in [5.74, 6) is -1.01. The first-order valence-electron chi connectivity index (χ1n) is 8.06. The van der Waals surface area contributed by atoms with Gasteiger partial charge >= 0.3 is 6.09 Å². The van der Waals surface area contributed by atoms with Crippen LogP contribution in [0.2, 0.25) is 0 Å². The number of carbonyl (C=O) groups is 1. The molecule has 126 valence electrons. The zero-order valence-corrected chi connectivity index (χ0v) is 13.2. The fraction of sp³-hybridized carbons (Fsp3) is 0.316. The number of nitrogens with zero attached hydrogens (tertiary/aromatic N) is 1. The van der Waals surface area contributed by atoms with E-state index in [4.69, 9.17) is 0 Å². The van der Waals surface area contributed by atoms with E-state index in [1.807, 2.05) is 30.3 Å². The standard InChI is InChI=1S/C19H20FNO3/c20-15-10-5-4-9-14(15)17(13-7-2-1-3-8-13)18(22)16-11-6-12-21(16)19(23)24/h1-5,7-10,16-18,22H,6,11-12H2,(H,23,24)/t16-,17-,18+/m1/s1. The van der Waals surface area contributed by atoms with Gasteiger partial charge < -0.3 is 15.1 Å². The zero-order valence-electron chi connectivity index (χ0n) is 13.2. The van der Waals surface area contributed by atoms with Crippen LogP contribution in [-0.4, -0.2) is 39.9 Å². The van der Waals surface area contributed by atoms with E-state index >= 15 is 0 Å². The third kappa shape index (κ3) is 3.12. The van der Waals surface area contributed by atoms with Crippen LogP contribution in [0.4, 0.5) is 9.18 Å². The number of hydrogen-bond acceptors (Lipinski definition) is 2. The Morgan fingerprint density at radius 3 is 2.46 bits per heavy atom. The van der Waals surface area contributed by atoms with Crippen LogP contribution in [-0.2, 0) is 0 Å². The summed E-state index contributed by atoms with van der Waals surface area (Å²) in [5.41, 5.74) is 1.15. The number of hydrogen-bond donors (Lipinski definition) is 2. The van der Waals surface area contributed by atoms with E-state index in [2.05, 4.69) is 0 Å². The topological polar surface area (TPSA) is 60.8 Å². The van der Waals surface area contributed by atoms with Crippen LogP contribution in [0.15, 0.2) is 54.6 Å². The van der Waals surface area contributed by atoms with Crippen molar-refractivity contribution in [1.82, 2.24) is 4.90 Å². The second kappa shape index (κ2) is 7.01. The van der Waals surface area contributed by atoms with Gasteiger partial charge in [0.05, 0.1) is 12.1 Å². The molecule has 1 amide bonds. The van der Waals surface area contributed by atoms with Crippen molar-refractivity contribution >= 4 is 6.09 Å². The lowest BCUT2D eigenvalue weighted by atomic mass is 9.82. The Labute approximate surface area is 140 Å². The summed E-state index contributed by atoms with van der Waals surface area (Å²) in [6, 6.07) is 15.0. The Hall–Kier alpha value is -2.40. The number of halogens is 1. The van der Waals surface area contributed by atoms with E-state index in [9.17, 15) is 19.4 Å². The van der Waals surface area contributed by atoms with Gasteiger partial charge in [0, 0.05) is 12.5 Å². The van der Waals surface area contributed by atoms with Gasteiger partial charge in [0.15, 0.2) is 0 Å². The number of benzene rings is 2. The molecule has 0 aliphatic carbocycles. The molecule has 3 atom stereocenters. The second-order valence-corrected chi connectivity index (χ2v) is 6.09. The van der Waals surface area contributed by atoms with Crippen molar-refractivity contribution < 1.29 is 19.4 Å². The molecule has 1 aliphatic rings. The molecule has 2 aromatic carbocycles. The van der Waals surface area contributed by atoms with E-state index in [-0.39, 0.29) is 0 Å². The summed E-state index contributed by atoms with van der Waals surface area (Å²) in [6.45, 7) is 0.399. The van der Waals surface area contributed by atoms with Crippen molar-refractivity contribution in [1.29, 1.82) is 0 Å². The third-order valence-electron chi connectivity index (χ3n) is 4.68. The van der Waals surface area contributed by atoms with Gasteiger partial charge in [-0.3, -0.25) is 0 Å². The van der Waals surface area contributed by atoms with E-state index in [1.165, 1.54) is 11.0 Å². The first kappa shape index (κ1) is 16.5. The average molecular weight is 329 g/mol. The van der Waals surface area contributed by atoms with E-state index in [1.54, 1.807) is 18.2 Å². The van der Waals surface area contributed by atoms with Crippen LogP contribution in [0.3, 0.4) is 0 Å². The Kier molecular flexibility index (Phi) is 4.81. The van der Waals surface area contributed by atoms with Crippen molar-refractivity contribution in [2.75, 3.05) is 6.54 Å². The normalized spacial score (nSPS) is 19.9. The fourth-order valence-electron chi connectivity index (χ4n) is 3.56. The fourth-order valence-corrected chi connectivity index (χ4v) is 3.56. The number of aliphatic hydroxyl groups is 1. The van der Waals surface area contributed by atoms with Crippen molar-refractivity contribution in [2.24, 2.45) is 0 Å². The number of likely N-dealkylation sites (tertiary alicyclic amines) is 1. The molecule has 1 heterocycles. The molecule has 0 saturated carbocycles. The highest BCUT2D eigenvalue weighted by Gasteiger charge is 2.39. The largest absolute Gasteiger partial charge is 0.465 e. The number of rotatable bonds is 4. The van der Waals surface area contributed by atoms with Crippen LogP contribution in [0.1, 0.15) is 29.9 Å². The van der Waals surface area contributed by atoms with Crippen LogP contribution in [0.5, 0.6) is 0 Å². The van der Waals surface area contributed by atoms with Crippen molar-refractivity contribution in [3.05, 3.63) is 71.5 Å². The lowest BCUT2D eigenvalue weighted by molar-refractivity contribution is 0.0577. The van der Waals surface area contributed by atoms with Crippen LogP contribution >= 0.6 is 0 Å². The summed E-state index contributed by atoms with van der Waals surface area (Å²) < 4.78 is 14.4. The molecule has 0 bridgehead atoms. The Morgan fingerprint density at radius 2 is 1.79 bits per heavy atom. The van der Waals surface area contributed by atoms with Crippen LogP contribution in [0.25, 0.3) is 0 Å². The smallest absolute Gasteiger partial charge is 0.407 e. The molecule has 0 aromatic heterocycles. The monoisotopic (exact) mass is 329 g/mol. The molecule has 2 aromatic rings. The maximum absolute atomic E-state index is 14.4. The molecule has 1 saturated heterocycles. The summed E-state index contributed by atoms with van der Waals surface area (Å²) in [6.07, 6.45) is -0.780. The highest BCUT2D eigenvalue weighted by molar-refractivity contribution is 5.66. The van der Waals surface area contributed by atoms with E-state index in [0.717, 1.165) is 5.56 Å². The molecule has 2 N–H and O–H groups in total. The maximum atomic E-state index is 14.4. The Bertz CT molecular complexity index is 707. The Balaban J connectivity index is 2.02. The van der Waals surface area contributed by atoms with Gasteiger partial charge in [-0.05, 0) is 30.0 Å². The predicted molar refractivity (Wildman–Crippen MR) is 88.4 cm³/mol. The first-order valence-corrected chi connectivity index (χ1v) is 8.06. The SMILES string of the molecule is O=C(O)N1CCC[C@@H]1[C@H](O)[C@H](c1ccccc1)c1ccccc1F. The summed E-state index contributed by atoms with van der Waals surface area (Å²) in [4.78, 5) is 12.7. The predicted octanol–water partition coefficient (Wildman–Crippen LogP) is 3.46. The molecule has 0 radical (unpaired) electrons. The molecule has 1 fully saturated rings. The van der Waals surface area contributed by atoms with E-state index in [0.29, 0.717) is 24.9 Å². The van der Waals surface area contributed by atoms with Crippen LogP contribution < -0.4 is 0 Å². The molecule has 1 aliphatic heterocycles. The molecule has 0 unspecified atom stereocenters. The van der Waals surface area contributed by atoms with Gasteiger partial charge in [-0.25, -0.2) is 9.18 Å². The molecule has 0 spiro atoms. The molecule has 4 nitrogen and oxygen atoms in total. The minimum Gasteiger partial charge on any atom is -0.465 e. The van der Waals surface area contributed by atoms with Crippen molar-refractivity contribution in [3.8, 4) is 0 Å². The lowest BCUT2D eigenvalue weighted by Crippen LogP contribution is -2.45. The lowest BCUT2D eigenvalue weighted by Gasteiger charge is -2.32. The summed E-state index contributed by atoms with van der Waals surface area (Å²) in [5, 5.41) is 20.3. The maximum Gasteiger partial charge on any atom is 0.407 e. The quantitative estimate of drug-likeness (QED) is 0.903. The minimum atomic E-state index is -1.04. The van der Waals surface area contributed by atoms with Gasteiger partial charge in [0.2, 0.25) is 0 Å². The van der Waals surface area contributed by atoms with Gasteiger partial charge in [0.25, 0.3) is 0 Å². The van der Waals surface area contributed by atoms with Gasteiger partial charge in [-0.1, -0.05) is 48.5 Å². The van der Waals surface area contributed by atoms with Crippen molar-refractivity contribution in [3.63, 3.8) is 0 Å². The molecule has 24 heavy (non-hydrogen) atoms. The first-order chi connectivity index (χ1) is 11.6. The van der Waals surface area contributed by atoms with Gasteiger partial charge in [-0.15, -0.1) is 0 Å². The molecule has 5 heteroatoms. The minimum absolute atomic E-state index is 0.383. The van der Waals surface area contributed by atoms with Crippen LogP contribution in [0, 0.1) is 5.82 Å². The molecular formula is C19H20FNO3. The third-order valence-corrected chi connectivity index (χ3v) is 4.68. The number of carboxylic acid groups (broad SMARTS) is 1. The number of amides is 1. The van der Waals surface area contributed by atoms with E-state index < -0.39 is 30.0 Å². The van der Waals surface area contributed by atoms with Gasteiger partial charge in [-0.2, -0.15) is 0 Å². The number of aliphatic hydroxyl groups excluding tert-OH is 1. The molecular weight excluding hydrogens is 309 g/mol.